The number of benzene rings is 4. The summed E-state index contributed by atoms with van der Waals surface area (Å²) < 4.78 is 9.21. The molecule has 0 aliphatic heterocycles. The predicted octanol–water partition coefficient (Wildman–Crippen LogP) is 17.3. The third-order valence-corrected chi connectivity index (χ3v) is 26.1. The van der Waals surface area contributed by atoms with Gasteiger partial charge < -0.3 is 0 Å². The number of nitrogens with zero attached hydrogens (tertiary/aromatic N) is 4. The van der Waals surface area contributed by atoms with Crippen LogP contribution in [0, 0.1) is 68.2 Å². The van der Waals surface area contributed by atoms with Gasteiger partial charge in [0.2, 0.25) is 22.8 Å². The van der Waals surface area contributed by atoms with E-state index in [9.17, 15) is 0 Å². The normalized spacial score (nSPS) is 12.1. The van der Waals surface area contributed by atoms with Gasteiger partial charge >= 0.3 is 0 Å². The summed E-state index contributed by atoms with van der Waals surface area (Å²) in [4.78, 5) is 0. The Hall–Kier alpha value is -5.65. The van der Waals surface area contributed by atoms with Gasteiger partial charge in [-0.05, 0) is 171 Å². The highest BCUT2D eigenvalue weighted by Gasteiger charge is 2.29. The molecule has 0 N–H and O–H groups in total. The van der Waals surface area contributed by atoms with Crippen molar-refractivity contribution in [1.29, 1.82) is 0 Å². The van der Waals surface area contributed by atoms with Crippen LogP contribution >= 0.6 is 0 Å². The fourth-order valence-corrected chi connectivity index (χ4v) is 20.0. The largest absolute Gasteiger partial charge is 0.212 e. The summed E-state index contributed by atoms with van der Waals surface area (Å²) in [7, 11) is 3.53. The van der Waals surface area contributed by atoms with Crippen LogP contribution in [-0.4, -0.2) is 32.3 Å². The van der Waals surface area contributed by atoms with E-state index in [0.717, 1.165) is 6.42 Å². The van der Waals surface area contributed by atoms with E-state index in [1.165, 1.54) is 112 Å². The first-order valence-corrected chi connectivity index (χ1v) is 46.7. The van der Waals surface area contributed by atoms with Crippen LogP contribution in [0.4, 0.5) is 0 Å². The highest BCUT2D eigenvalue weighted by Crippen LogP contribution is 2.30. The average Bonchev–Trinajstić information content (AvgIpc) is 0.993. The van der Waals surface area contributed by atoms with Crippen molar-refractivity contribution in [1.82, 2.24) is 0 Å². The van der Waals surface area contributed by atoms with E-state index in [1.54, 1.807) is 20.7 Å². The lowest BCUT2D eigenvalue weighted by Crippen LogP contribution is -2.46. The highest BCUT2D eigenvalue weighted by atomic mass is 28.3. The molecule has 4 aromatic carbocycles. The van der Waals surface area contributed by atoms with Gasteiger partial charge in [0.25, 0.3) is 0 Å². The molecule has 0 atom stereocenters. The van der Waals surface area contributed by atoms with Crippen molar-refractivity contribution in [3.05, 3.63) is 189 Å². The second-order valence-corrected chi connectivity index (χ2v) is 52.2. The smallest absolute Gasteiger partial charge is 0.201 e. The summed E-state index contributed by atoms with van der Waals surface area (Å²) in [6.07, 6.45) is 10.6. The van der Waals surface area contributed by atoms with Crippen molar-refractivity contribution < 1.29 is 18.3 Å². The fourth-order valence-electron chi connectivity index (χ4n) is 12.7. The summed E-state index contributed by atoms with van der Waals surface area (Å²) >= 11 is 0. The molecule has 0 saturated heterocycles. The molecule has 0 amide bonds. The molecule has 0 radical (unpaired) electrons. The zero-order valence-electron chi connectivity index (χ0n) is 61.7. The van der Waals surface area contributed by atoms with Crippen LogP contribution in [0.3, 0.4) is 0 Å². The maximum atomic E-state index is 2.42. The van der Waals surface area contributed by atoms with E-state index >= 15 is 0 Å². The Morgan fingerprint density at radius 2 is 0.636 bits per heavy atom. The van der Waals surface area contributed by atoms with Gasteiger partial charge in [0.1, 0.15) is 28.2 Å². The maximum Gasteiger partial charge on any atom is 0.212 e. The van der Waals surface area contributed by atoms with Gasteiger partial charge in [-0.25, -0.2) is 18.3 Å². The number of aromatic nitrogens is 4. The Bertz CT molecular complexity index is 3770. The molecule has 0 unspecified atom stereocenters. The van der Waals surface area contributed by atoms with E-state index in [1.807, 2.05) is 0 Å². The van der Waals surface area contributed by atoms with E-state index in [-0.39, 0.29) is 5.41 Å². The first-order chi connectivity index (χ1) is 40.3. The van der Waals surface area contributed by atoms with Gasteiger partial charge in [0.05, 0.1) is 32.3 Å². The van der Waals surface area contributed by atoms with Crippen molar-refractivity contribution in [2.75, 3.05) is 0 Å². The molecule has 0 spiro atoms. The third kappa shape index (κ3) is 18.7. The summed E-state index contributed by atoms with van der Waals surface area (Å²) in [5, 5.41) is 6.20. The zero-order chi connectivity index (χ0) is 66.7. The Morgan fingerprint density at radius 3 is 0.909 bits per heavy atom. The second-order valence-electron chi connectivity index (χ2n) is 32.0. The second kappa shape index (κ2) is 28.7. The molecule has 4 nitrogen and oxygen atoms in total. The molecule has 472 valence electrons. The molecule has 4 aromatic heterocycles. The number of rotatable bonds is 11. The van der Waals surface area contributed by atoms with E-state index in [0.29, 0.717) is 11.8 Å². The standard InChI is InChI=1S/2C21H32NSi.C20H30NSi.C18H26NSi/c1-15-12-17(21(3,4)5)10-11-18(15)19-13-16(2)20(14-22(19)6)23(7,8)9;1-15(2)11-18-9-10-19(16(3)12-18)20-13-17(4)21(14-22(20)5)23(6,7)8;1-14(2)17-9-10-18(15(3)11-17)19-12-16(4)20(13-21(19)5)22(6,7)8;1-13-8-9-16(14(2)10-13)17-11-15(3)18(12-19(17)4)20(5,6)7/h10-14H,1-9H3;9-10,12-15H,11H2,1-8H3;9-14H,1-8H3;8-12H,1-7H3/q4*+1. The van der Waals surface area contributed by atoms with Crippen molar-refractivity contribution in [2.45, 2.75) is 207 Å². The Balaban J connectivity index is 0.000000214. The summed E-state index contributed by atoms with van der Waals surface area (Å²) in [5.74, 6) is 1.28. The van der Waals surface area contributed by atoms with Crippen LogP contribution in [0.2, 0.25) is 78.6 Å². The number of hydrogen-bond donors (Lipinski definition) is 0. The zero-order valence-corrected chi connectivity index (χ0v) is 65.7. The molecule has 0 aliphatic carbocycles. The van der Waals surface area contributed by atoms with Gasteiger partial charge in [-0.2, -0.15) is 0 Å². The molecule has 0 bridgehead atoms. The summed E-state index contributed by atoms with van der Waals surface area (Å²) in [6, 6.07) is 36.9. The van der Waals surface area contributed by atoms with Gasteiger partial charge in [-0.1, -0.05) is 181 Å². The quantitative estimate of drug-likeness (QED) is 0.0906. The summed E-state index contributed by atoms with van der Waals surface area (Å²) in [6.45, 7) is 64.9. The number of hydrogen-bond acceptors (Lipinski definition) is 0. The van der Waals surface area contributed by atoms with Crippen LogP contribution in [0.15, 0.2) is 122 Å². The van der Waals surface area contributed by atoms with Crippen molar-refractivity contribution in [3.8, 4) is 45.0 Å². The van der Waals surface area contributed by atoms with E-state index in [4.69, 9.17) is 0 Å². The van der Waals surface area contributed by atoms with Gasteiger partial charge in [0.15, 0.2) is 24.8 Å². The Morgan fingerprint density at radius 1 is 0.341 bits per heavy atom. The molecule has 88 heavy (non-hydrogen) atoms. The molecular formula is C80H120N4Si4+4. The first kappa shape index (κ1) is 73.1. The SMILES string of the molecule is Cc1cc(C(C)(C)C)ccc1-c1cc(C)c([Si](C)(C)C)c[n+]1C.Cc1cc(C(C)C)ccc1-c1cc(C)c([Si](C)(C)C)c[n+]1C.Cc1cc(CC(C)C)ccc1-c1cc(C)c([Si](C)(C)C)c[n+]1C.Cc1ccc(-c2cc(C)c([Si](C)(C)C)c[n+]2C)c(C)c1. The van der Waals surface area contributed by atoms with Crippen LogP contribution in [0.5, 0.6) is 0 Å². The highest BCUT2D eigenvalue weighted by molar-refractivity contribution is 6.90. The molecule has 8 aromatic rings. The Kier molecular flexibility index (Phi) is 23.8. The van der Waals surface area contributed by atoms with Gasteiger partial charge in [0, 0.05) is 67.3 Å². The van der Waals surface area contributed by atoms with E-state index < -0.39 is 32.3 Å². The van der Waals surface area contributed by atoms with Crippen molar-refractivity contribution >= 4 is 53.0 Å². The van der Waals surface area contributed by atoms with Crippen LogP contribution in [0.25, 0.3) is 45.0 Å². The minimum atomic E-state index is -1.30. The van der Waals surface area contributed by atoms with Crippen molar-refractivity contribution in [2.24, 2.45) is 34.1 Å². The lowest BCUT2D eigenvalue weighted by atomic mass is 9.85. The summed E-state index contributed by atoms with van der Waals surface area (Å²) in [5.41, 5.74) is 27.6. The van der Waals surface area contributed by atoms with Gasteiger partial charge in [-0.15, -0.1) is 0 Å². The molecule has 0 aliphatic rings. The number of aryl methyl sites for hydroxylation is 13. The number of pyridine rings is 4. The van der Waals surface area contributed by atoms with Crippen LogP contribution < -0.4 is 39.0 Å². The minimum absolute atomic E-state index is 0.198. The lowest BCUT2D eigenvalue weighted by molar-refractivity contribution is -0.659. The topological polar surface area (TPSA) is 15.5 Å². The molecule has 0 saturated carbocycles. The monoisotopic (exact) mass is 1250 g/mol. The third-order valence-electron chi connectivity index (χ3n) is 17.6. The average molecular weight is 1250 g/mol. The molecular weight excluding hydrogens is 1130 g/mol. The van der Waals surface area contributed by atoms with Crippen LogP contribution in [-0.2, 0) is 40.0 Å². The van der Waals surface area contributed by atoms with Crippen LogP contribution in [0.1, 0.15) is 121 Å². The van der Waals surface area contributed by atoms with Crippen molar-refractivity contribution in [3.63, 3.8) is 0 Å². The molecule has 8 rings (SSSR count). The lowest BCUT2D eigenvalue weighted by Gasteiger charge is -2.21. The molecule has 8 heteroatoms. The minimum Gasteiger partial charge on any atom is -0.201 e. The molecule has 4 heterocycles. The van der Waals surface area contributed by atoms with E-state index in [2.05, 4.69) is 358 Å². The maximum absolute atomic E-state index is 2.42. The fraction of sp³-hybridized carbons (Fsp3) is 0.450. The predicted molar refractivity (Wildman–Crippen MR) is 398 cm³/mol. The molecule has 0 fully saturated rings. The van der Waals surface area contributed by atoms with Gasteiger partial charge in [-0.3, -0.25) is 0 Å². The Labute approximate surface area is 542 Å². The first-order valence-electron chi connectivity index (χ1n) is 32.7.